The summed E-state index contributed by atoms with van der Waals surface area (Å²) in [6.45, 7) is 2.11. The van der Waals surface area contributed by atoms with Crippen LogP contribution in [0.2, 0.25) is 5.02 Å². The van der Waals surface area contributed by atoms with Gasteiger partial charge in [0, 0.05) is 5.02 Å². The van der Waals surface area contributed by atoms with Crippen molar-refractivity contribution in [2.24, 2.45) is 0 Å². The second-order valence-corrected chi connectivity index (χ2v) is 5.49. The number of aromatic nitrogens is 2. The minimum absolute atomic E-state index is 0.233. The summed E-state index contributed by atoms with van der Waals surface area (Å²) in [6, 6.07) is 5.73. The van der Waals surface area contributed by atoms with Gasteiger partial charge in [0.05, 0.1) is 18.7 Å². The molecule has 0 aliphatic carbocycles. The van der Waals surface area contributed by atoms with E-state index in [9.17, 15) is 0 Å². The van der Waals surface area contributed by atoms with Crippen LogP contribution in [0.3, 0.4) is 0 Å². The molecule has 1 aromatic heterocycles. The van der Waals surface area contributed by atoms with E-state index in [-0.39, 0.29) is 6.04 Å². The lowest BCUT2D eigenvalue weighted by Crippen LogP contribution is -2.14. The van der Waals surface area contributed by atoms with Crippen LogP contribution in [-0.4, -0.2) is 24.4 Å². The fraction of sp³-hybridized carbons (Fsp3) is 0.385. The van der Waals surface area contributed by atoms with Crippen LogP contribution in [0.4, 0.5) is 0 Å². The van der Waals surface area contributed by atoms with E-state index in [0.717, 1.165) is 27.7 Å². The van der Waals surface area contributed by atoms with Gasteiger partial charge < -0.3 is 10.1 Å². The summed E-state index contributed by atoms with van der Waals surface area (Å²) < 4.78 is 5.34. The van der Waals surface area contributed by atoms with Crippen molar-refractivity contribution in [1.29, 1.82) is 0 Å². The highest BCUT2D eigenvalue weighted by Crippen LogP contribution is 2.35. The van der Waals surface area contributed by atoms with Gasteiger partial charge in [0.2, 0.25) is 0 Å². The summed E-state index contributed by atoms with van der Waals surface area (Å²) in [4.78, 5) is 0. The summed E-state index contributed by atoms with van der Waals surface area (Å²) in [5.41, 5.74) is 0.879. The molecule has 0 spiro atoms. The van der Waals surface area contributed by atoms with Crippen molar-refractivity contribution in [3.8, 4) is 16.3 Å². The summed E-state index contributed by atoms with van der Waals surface area (Å²) in [5, 5.41) is 14.2. The van der Waals surface area contributed by atoms with E-state index < -0.39 is 0 Å². The number of methoxy groups -OCH3 is 1. The van der Waals surface area contributed by atoms with Gasteiger partial charge in [0.25, 0.3) is 0 Å². The molecule has 0 saturated heterocycles. The molecule has 1 atom stereocenters. The minimum Gasteiger partial charge on any atom is -0.496 e. The van der Waals surface area contributed by atoms with E-state index >= 15 is 0 Å². The van der Waals surface area contributed by atoms with Gasteiger partial charge in [0.1, 0.15) is 10.8 Å². The molecule has 2 rings (SSSR count). The number of hydrogen-bond acceptors (Lipinski definition) is 5. The van der Waals surface area contributed by atoms with Crippen molar-refractivity contribution in [2.45, 2.75) is 19.4 Å². The Hall–Kier alpha value is -1.17. The Morgan fingerprint density at radius 1 is 1.42 bits per heavy atom. The van der Waals surface area contributed by atoms with Crippen molar-refractivity contribution in [2.75, 3.05) is 14.2 Å². The first-order valence-corrected chi connectivity index (χ1v) is 7.23. The van der Waals surface area contributed by atoms with Gasteiger partial charge in [-0.2, -0.15) is 0 Å². The molecule has 0 bridgehead atoms. The van der Waals surface area contributed by atoms with E-state index in [1.54, 1.807) is 24.5 Å². The second kappa shape index (κ2) is 6.32. The van der Waals surface area contributed by atoms with E-state index in [4.69, 9.17) is 16.3 Å². The minimum atomic E-state index is 0.233. The molecule has 1 heterocycles. The molecule has 1 unspecified atom stereocenters. The Bertz CT molecular complexity index is 555. The number of rotatable bonds is 5. The Labute approximate surface area is 121 Å². The van der Waals surface area contributed by atoms with Gasteiger partial charge in [0.15, 0.2) is 5.01 Å². The lowest BCUT2D eigenvalue weighted by molar-refractivity contribution is 0.416. The molecule has 0 fully saturated rings. The highest BCUT2D eigenvalue weighted by Gasteiger charge is 2.16. The van der Waals surface area contributed by atoms with E-state index in [0.29, 0.717) is 5.02 Å². The van der Waals surface area contributed by atoms with Gasteiger partial charge in [-0.25, -0.2) is 0 Å². The number of nitrogens with zero attached hydrogens (tertiary/aromatic N) is 2. The third-order valence-corrected chi connectivity index (χ3v) is 4.19. The van der Waals surface area contributed by atoms with Crippen molar-refractivity contribution in [3.63, 3.8) is 0 Å². The maximum Gasteiger partial charge on any atom is 0.151 e. The molecular formula is C13H16ClN3OS. The molecule has 102 valence electrons. The van der Waals surface area contributed by atoms with Crippen molar-refractivity contribution in [3.05, 3.63) is 28.2 Å². The van der Waals surface area contributed by atoms with Crippen LogP contribution in [0, 0.1) is 0 Å². The molecule has 19 heavy (non-hydrogen) atoms. The van der Waals surface area contributed by atoms with Crippen molar-refractivity contribution >= 4 is 22.9 Å². The van der Waals surface area contributed by atoms with Crippen LogP contribution < -0.4 is 10.1 Å². The van der Waals surface area contributed by atoms with E-state index in [1.807, 2.05) is 19.2 Å². The van der Waals surface area contributed by atoms with E-state index in [1.165, 1.54) is 0 Å². The molecule has 1 aromatic carbocycles. The predicted molar refractivity (Wildman–Crippen MR) is 79.0 cm³/mol. The van der Waals surface area contributed by atoms with E-state index in [2.05, 4.69) is 22.4 Å². The molecule has 0 aliphatic rings. The first kappa shape index (κ1) is 14.2. The highest BCUT2D eigenvalue weighted by molar-refractivity contribution is 7.14. The van der Waals surface area contributed by atoms with Crippen LogP contribution >= 0.6 is 22.9 Å². The van der Waals surface area contributed by atoms with Gasteiger partial charge in [-0.1, -0.05) is 29.9 Å². The third kappa shape index (κ3) is 3.05. The quantitative estimate of drug-likeness (QED) is 0.917. The number of benzene rings is 1. The average molecular weight is 298 g/mol. The molecule has 0 amide bonds. The van der Waals surface area contributed by atoms with Crippen LogP contribution in [0.1, 0.15) is 24.4 Å². The molecule has 2 aromatic rings. The van der Waals surface area contributed by atoms with Crippen molar-refractivity contribution < 1.29 is 4.74 Å². The average Bonchev–Trinajstić information content (AvgIpc) is 2.89. The van der Waals surface area contributed by atoms with Gasteiger partial charge in [-0.05, 0) is 31.7 Å². The summed E-state index contributed by atoms with van der Waals surface area (Å²) in [7, 11) is 3.56. The number of hydrogen-bond donors (Lipinski definition) is 1. The fourth-order valence-corrected chi connectivity index (χ4v) is 3.06. The van der Waals surface area contributed by atoms with Crippen LogP contribution in [0.5, 0.6) is 5.75 Å². The van der Waals surface area contributed by atoms with Crippen LogP contribution in [-0.2, 0) is 0 Å². The van der Waals surface area contributed by atoms with Crippen LogP contribution in [0.25, 0.3) is 10.6 Å². The van der Waals surface area contributed by atoms with Gasteiger partial charge in [-0.3, -0.25) is 0 Å². The zero-order valence-electron chi connectivity index (χ0n) is 11.1. The molecule has 4 nitrogen and oxygen atoms in total. The smallest absolute Gasteiger partial charge is 0.151 e. The monoisotopic (exact) mass is 297 g/mol. The fourth-order valence-electron chi connectivity index (χ4n) is 1.83. The summed E-state index contributed by atoms with van der Waals surface area (Å²) in [5.74, 6) is 0.754. The molecule has 6 heteroatoms. The molecular weight excluding hydrogens is 282 g/mol. The normalized spacial score (nSPS) is 12.4. The molecule has 1 N–H and O–H groups in total. The maximum atomic E-state index is 6.04. The number of halogens is 1. The summed E-state index contributed by atoms with van der Waals surface area (Å²) in [6.07, 6.45) is 0.970. The zero-order chi connectivity index (χ0) is 13.8. The van der Waals surface area contributed by atoms with Crippen molar-refractivity contribution in [1.82, 2.24) is 15.5 Å². The molecule has 0 saturated carbocycles. The number of nitrogens with one attached hydrogen (secondary N) is 1. The highest BCUT2D eigenvalue weighted by atomic mass is 35.5. The van der Waals surface area contributed by atoms with Gasteiger partial charge >= 0.3 is 0 Å². The first-order chi connectivity index (χ1) is 9.19. The Balaban J connectivity index is 2.40. The van der Waals surface area contributed by atoms with Gasteiger partial charge in [-0.15, -0.1) is 10.2 Å². The lowest BCUT2D eigenvalue weighted by atomic mass is 10.2. The number of ether oxygens (including phenoxy) is 1. The zero-order valence-corrected chi connectivity index (χ0v) is 12.7. The largest absolute Gasteiger partial charge is 0.496 e. The first-order valence-electron chi connectivity index (χ1n) is 6.04. The molecule has 0 radical (unpaired) electrons. The Morgan fingerprint density at radius 2 is 2.21 bits per heavy atom. The molecule has 0 aliphatic heterocycles. The van der Waals surface area contributed by atoms with Crippen LogP contribution in [0.15, 0.2) is 18.2 Å². The third-order valence-electron chi connectivity index (χ3n) is 2.89. The Kier molecular flexibility index (Phi) is 4.74. The topological polar surface area (TPSA) is 47.0 Å². The summed E-state index contributed by atoms with van der Waals surface area (Å²) >= 11 is 7.59. The predicted octanol–water partition coefficient (Wildman–Crippen LogP) is 3.54. The SMILES string of the molecule is CCC(NC)c1nnc(-c2cc(Cl)ccc2OC)s1. The maximum absolute atomic E-state index is 6.04. The Morgan fingerprint density at radius 3 is 2.84 bits per heavy atom. The second-order valence-electron chi connectivity index (χ2n) is 4.04. The lowest BCUT2D eigenvalue weighted by Gasteiger charge is -2.08. The standard InChI is InChI=1S/C13H16ClN3OS/c1-4-10(15-2)13-17-16-12(19-13)9-7-8(14)5-6-11(9)18-3/h5-7,10,15H,4H2,1-3H3.